The Morgan fingerprint density at radius 2 is 1.68 bits per heavy atom. The second-order valence-electron chi connectivity index (χ2n) is 9.78. The fourth-order valence-electron chi connectivity index (χ4n) is 6.27. The molecular weight excluding hydrogens is 434 g/mol. The minimum atomic E-state index is -0.555. The first-order valence-electron chi connectivity index (χ1n) is 11.5. The number of rotatable bonds is 5. The molecule has 5 aliphatic rings. The number of aryl methyl sites for hydroxylation is 1. The summed E-state index contributed by atoms with van der Waals surface area (Å²) in [5.74, 6) is -0.457. The highest BCUT2D eigenvalue weighted by Crippen LogP contribution is 2.65. The number of amides is 3. The summed E-state index contributed by atoms with van der Waals surface area (Å²) in [5, 5.41) is 11.2. The lowest BCUT2D eigenvalue weighted by molar-refractivity contribution is -0.384. The SMILES string of the molecule is Cc1cccc(N(CN2C(=O)C3C4C=CC(C5CC45)C3C2=O)C(=O)c2cccc([N+](=O)[O-])c2)c1. The summed E-state index contributed by atoms with van der Waals surface area (Å²) in [4.78, 5) is 53.8. The van der Waals surface area contributed by atoms with Crippen LogP contribution in [-0.4, -0.2) is 34.2 Å². The van der Waals surface area contributed by atoms with Crippen molar-refractivity contribution in [2.45, 2.75) is 13.3 Å². The number of anilines is 1. The van der Waals surface area contributed by atoms with Crippen LogP contribution in [0.3, 0.4) is 0 Å². The molecule has 8 heteroatoms. The van der Waals surface area contributed by atoms with Gasteiger partial charge < -0.3 is 0 Å². The molecule has 2 aromatic carbocycles. The predicted octanol–water partition coefficient (Wildman–Crippen LogP) is 3.56. The lowest BCUT2D eigenvalue weighted by Gasteiger charge is -2.37. The zero-order valence-corrected chi connectivity index (χ0v) is 18.5. The van der Waals surface area contributed by atoms with Crippen LogP contribution >= 0.6 is 0 Å². The number of non-ortho nitro benzene ring substituents is 1. The van der Waals surface area contributed by atoms with E-state index in [-0.39, 0.29) is 53.4 Å². The fourth-order valence-corrected chi connectivity index (χ4v) is 6.27. The number of hydrogen-bond acceptors (Lipinski definition) is 5. The molecule has 1 heterocycles. The van der Waals surface area contributed by atoms with Crippen molar-refractivity contribution in [3.8, 4) is 0 Å². The minimum Gasteiger partial charge on any atom is -0.290 e. The first-order chi connectivity index (χ1) is 16.3. The molecule has 0 N–H and O–H groups in total. The Balaban J connectivity index is 1.35. The van der Waals surface area contributed by atoms with E-state index in [2.05, 4.69) is 12.2 Å². The van der Waals surface area contributed by atoms with Crippen molar-refractivity contribution in [1.82, 2.24) is 4.90 Å². The van der Waals surface area contributed by atoms with Crippen molar-refractivity contribution in [2.75, 3.05) is 11.6 Å². The van der Waals surface area contributed by atoms with Gasteiger partial charge in [-0.15, -0.1) is 0 Å². The van der Waals surface area contributed by atoms with Gasteiger partial charge in [0.25, 0.3) is 11.6 Å². The molecule has 34 heavy (non-hydrogen) atoms. The monoisotopic (exact) mass is 457 g/mol. The number of nitro benzene ring substituents is 1. The third kappa shape index (κ3) is 3.01. The molecule has 3 amide bonds. The van der Waals surface area contributed by atoms with Gasteiger partial charge in [-0.05, 0) is 60.8 Å². The van der Waals surface area contributed by atoms with Crippen LogP contribution in [0.15, 0.2) is 60.7 Å². The zero-order chi connectivity index (χ0) is 23.7. The fraction of sp³-hybridized carbons (Fsp3) is 0.346. The Morgan fingerprint density at radius 1 is 1.03 bits per heavy atom. The van der Waals surface area contributed by atoms with E-state index in [1.165, 1.54) is 34.1 Å². The molecule has 2 saturated carbocycles. The Labute approximate surface area is 196 Å². The summed E-state index contributed by atoms with van der Waals surface area (Å²) in [5.41, 5.74) is 1.35. The van der Waals surface area contributed by atoms with Gasteiger partial charge in [0.05, 0.1) is 16.8 Å². The normalized spacial score (nSPS) is 30.2. The zero-order valence-electron chi connectivity index (χ0n) is 18.5. The van der Waals surface area contributed by atoms with Gasteiger partial charge in [0.2, 0.25) is 11.8 Å². The second kappa shape index (κ2) is 7.35. The van der Waals surface area contributed by atoms with Crippen LogP contribution in [0.2, 0.25) is 0 Å². The smallest absolute Gasteiger partial charge is 0.270 e. The predicted molar refractivity (Wildman–Crippen MR) is 123 cm³/mol. The average molecular weight is 457 g/mol. The van der Waals surface area contributed by atoms with E-state index in [9.17, 15) is 24.5 Å². The molecule has 6 unspecified atom stereocenters. The molecule has 8 nitrogen and oxygen atoms in total. The van der Waals surface area contributed by atoms with Gasteiger partial charge in [-0.2, -0.15) is 0 Å². The van der Waals surface area contributed by atoms with E-state index >= 15 is 0 Å². The van der Waals surface area contributed by atoms with Gasteiger partial charge in [-0.25, -0.2) is 0 Å². The topological polar surface area (TPSA) is 101 Å². The molecule has 4 aliphatic carbocycles. The van der Waals surface area contributed by atoms with E-state index in [4.69, 9.17) is 0 Å². The Hall–Kier alpha value is -3.81. The Bertz CT molecular complexity index is 1250. The molecule has 2 bridgehead atoms. The second-order valence-corrected chi connectivity index (χ2v) is 9.78. The van der Waals surface area contributed by atoms with Crippen LogP contribution in [0.4, 0.5) is 11.4 Å². The summed E-state index contributed by atoms with van der Waals surface area (Å²) < 4.78 is 0. The van der Waals surface area contributed by atoms with Crippen LogP contribution in [-0.2, 0) is 9.59 Å². The van der Waals surface area contributed by atoms with Crippen molar-refractivity contribution >= 4 is 29.1 Å². The van der Waals surface area contributed by atoms with Gasteiger partial charge in [0.15, 0.2) is 0 Å². The van der Waals surface area contributed by atoms with Crippen LogP contribution in [0.5, 0.6) is 0 Å². The van der Waals surface area contributed by atoms with Crippen molar-refractivity contribution in [3.63, 3.8) is 0 Å². The van der Waals surface area contributed by atoms with Gasteiger partial charge >= 0.3 is 0 Å². The van der Waals surface area contributed by atoms with E-state index in [0.717, 1.165) is 12.0 Å². The minimum absolute atomic E-state index is 0.0985. The number of carbonyl (C=O) groups excluding carboxylic acids is 3. The molecule has 0 aromatic heterocycles. The summed E-state index contributed by atoms with van der Waals surface area (Å²) in [7, 11) is 0. The molecule has 3 fully saturated rings. The van der Waals surface area contributed by atoms with Gasteiger partial charge in [0, 0.05) is 23.4 Å². The molecule has 0 radical (unpaired) electrons. The summed E-state index contributed by atoms with van der Waals surface area (Å²) in [6, 6.07) is 12.7. The van der Waals surface area contributed by atoms with Gasteiger partial charge in [0.1, 0.15) is 6.67 Å². The lowest BCUT2D eigenvalue weighted by Crippen LogP contribution is -2.45. The highest BCUT2D eigenvalue weighted by molar-refractivity contribution is 6.10. The Morgan fingerprint density at radius 3 is 2.29 bits per heavy atom. The maximum atomic E-state index is 13.6. The maximum absolute atomic E-state index is 13.6. The first kappa shape index (κ1) is 20.8. The molecule has 0 spiro atoms. The van der Waals surface area contributed by atoms with E-state index in [0.29, 0.717) is 17.5 Å². The summed E-state index contributed by atoms with van der Waals surface area (Å²) in [6.07, 6.45) is 5.30. The molecule has 2 aromatic rings. The number of benzene rings is 2. The summed E-state index contributed by atoms with van der Waals surface area (Å²) >= 11 is 0. The lowest BCUT2D eigenvalue weighted by atomic mass is 9.63. The highest BCUT2D eigenvalue weighted by Gasteiger charge is 2.67. The molecule has 7 rings (SSSR count). The van der Waals surface area contributed by atoms with Crippen molar-refractivity contribution in [1.29, 1.82) is 0 Å². The number of allylic oxidation sites excluding steroid dienone is 2. The maximum Gasteiger partial charge on any atom is 0.270 e. The molecular formula is C26H23N3O5. The van der Waals surface area contributed by atoms with Crippen LogP contribution in [0, 0.1) is 52.5 Å². The highest BCUT2D eigenvalue weighted by atomic mass is 16.6. The first-order valence-corrected chi connectivity index (χ1v) is 11.5. The number of imide groups is 1. The van der Waals surface area contributed by atoms with Crippen LogP contribution in [0.1, 0.15) is 22.3 Å². The van der Waals surface area contributed by atoms with E-state index < -0.39 is 10.8 Å². The molecule has 172 valence electrons. The number of hydrogen-bond donors (Lipinski definition) is 0. The van der Waals surface area contributed by atoms with Crippen molar-refractivity contribution < 1.29 is 19.3 Å². The van der Waals surface area contributed by atoms with Gasteiger partial charge in [-0.3, -0.25) is 34.3 Å². The van der Waals surface area contributed by atoms with E-state index in [1.54, 1.807) is 18.2 Å². The van der Waals surface area contributed by atoms with Crippen LogP contribution in [0.25, 0.3) is 0 Å². The quantitative estimate of drug-likeness (QED) is 0.296. The number of nitro groups is 1. The molecule has 1 aliphatic heterocycles. The molecule has 6 atom stereocenters. The Kier molecular flexibility index (Phi) is 4.49. The van der Waals surface area contributed by atoms with E-state index in [1.807, 2.05) is 13.0 Å². The average Bonchev–Trinajstić information content (AvgIpc) is 3.62. The third-order valence-corrected chi connectivity index (χ3v) is 7.90. The largest absolute Gasteiger partial charge is 0.290 e. The number of nitrogens with zero attached hydrogens (tertiary/aromatic N) is 3. The molecule has 1 saturated heterocycles. The third-order valence-electron chi connectivity index (χ3n) is 7.90. The van der Waals surface area contributed by atoms with Crippen LogP contribution < -0.4 is 4.90 Å². The van der Waals surface area contributed by atoms with Crippen molar-refractivity contribution in [2.24, 2.45) is 35.5 Å². The summed E-state index contributed by atoms with van der Waals surface area (Å²) in [6.45, 7) is 1.67. The number of likely N-dealkylation sites (tertiary alicyclic amines) is 1. The number of carbonyl (C=O) groups is 3. The standard InChI is InChI=1S/C26H23N3O5/c1-14-4-2-6-16(10-14)27(24(30)15-5-3-7-17(11-15)29(33)34)13-28-25(31)22-18-8-9-19(21-12-20(18)21)23(22)26(28)32/h2-11,18-23H,12-13H2,1H3. The van der Waals surface area contributed by atoms with Crippen molar-refractivity contribution in [3.05, 3.63) is 81.9 Å². The van der Waals surface area contributed by atoms with Gasteiger partial charge in [-0.1, -0.05) is 30.4 Å².